The fraction of sp³-hybridized carbons (Fsp3) is 0.462. The van der Waals surface area contributed by atoms with E-state index in [4.69, 9.17) is 0 Å². The predicted molar refractivity (Wildman–Crippen MR) is 66.7 cm³/mol. The number of nitrogens with one attached hydrogen (secondary N) is 1. The van der Waals surface area contributed by atoms with Crippen LogP contribution in [0.2, 0.25) is 0 Å². The third kappa shape index (κ3) is 3.06. The molecule has 1 unspecified atom stereocenters. The van der Waals surface area contributed by atoms with E-state index in [9.17, 15) is 9.59 Å². The van der Waals surface area contributed by atoms with E-state index in [1.165, 1.54) is 0 Å². The van der Waals surface area contributed by atoms with Crippen LogP contribution < -0.4 is 5.32 Å². The Kier molecular flexibility index (Phi) is 3.92. The molecule has 1 atom stereocenters. The standard InChI is InChI=1S/C13H17N3O2/c1-10-13(18)16(8-5-12(17)15-10)7-4-11-3-2-6-14-9-11/h2-3,6,9-10H,4-5,7-8H2,1H3,(H,15,17). The smallest absolute Gasteiger partial charge is 0.244 e. The SMILES string of the molecule is CC1NC(=O)CCN(CCc2cccnc2)C1=O. The van der Waals surface area contributed by atoms with Crippen LogP contribution in [0.25, 0.3) is 0 Å². The lowest BCUT2D eigenvalue weighted by atomic mass is 10.2. The second-order valence-electron chi connectivity index (χ2n) is 4.48. The van der Waals surface area contributed by atoms with Crippen molar-refractivity contribution in [2.75, 3.05) is 13.1 Å². The first-order valence-electron chi connectivity index (χ1n) is 6.14. The van der Waals surface area contributed by atoms with Gasteiger partial charge in [-0.25, -0.2) is 0 Å². The lowest BCUT2D eigenvalue weighted by Gasteiger charge is -2.22. The molecule has 1 fully saturated rings. The lowest BCUT2D eigenvalue weighted by Crippen LogP contribution is -2.43. The molecule has 1 aromatic heterocycles. The van der Waals surface area contributed by atoms with E-state index in [-0.39, 0.29) is 11.8 Å². The van der Waals surface area contributed by atoms with E-state index in [1.807, 2.05) is 12.1 Å². The molecule has 1 aromatic rings. The van der Waals surface area contributed by atoms with Crippen molar-refractivity contribution >= 4 is 11.8 Å². The monoisotopic (exact) mass is 247 g/mol. The van der Waals surface area contributed by atoms with Crippen LogP contribution in [0.4, 0.5) is 0 Å². The molecule has 0 saturated carbocycles. The number of aromatic nitrogens is 1. The Bertz CT molecular complexity index is 433. The number of hydrogen-bond acceptors (Lipinski definition) is 3. The molecule has 1 aliphatic heterocycles. The minimum Gasteiger partial charge on any atom is -0.345 e. The van der Waals surface area contributed by atoms with Crippen molar-refractivity contribution in [3.8, 4) is 0 Å². The first-order valence-corrected chi connectivity index (χ1v) is 6.14. The number of pyridine rings is 1. The molecule has 18 heavy (non-hydrogen) atoms. The van der Waals surface area contributed by atoms with E-state index in [0.717, 1.165) is 12.0 Å². The zero-order valence-electron chi connectivity index (χ0n) is 10.4. The Morgan fingerprint density at radius 1 is 1.50 bits per heavy atom. The molecule has 0 spiro atoms. The van der Waals surface area contributed by atoms with Crippen molar-refractivity contribution in [2.24, 2.45) is 0 Å². The van der Waals surface area contributed by atoms with Gasteiger partial charge in [0, 0.05) is 31.9 Å². The molecule has 0 radical (unpaired) electrons. The van der Waals surface area contributed by atoms with E-state index >= 15 is 0 Å². The summed E-state index contributed by atoms with van der Waals surface area (Å²) in [6.07, 6.45) is 4.67. The third-order valence-corrected chi connectivity index (χ3v) is 3.06. The fourth-order valence-corrected chi connectivity index (χ4v) is 2.03. The average molecular weight is 247 g/mol. The van der Waals surface area contributed by atoms with Gasteiger partial charge in [0.15, 0.2) is 0 Å². The largest absolute Gasteiger partial charge is 0.345 e. The first kappa shape index (κ1) is 12.5. The molecule has 1 aliphatic rings. The van der Waals surface area contributed by atoms with Crippen molar-refractivity contribution in [3.63, 3.8) is 0 Å². The van der Waals surface area contributed by atoms with E-state index in [1.54, 1.807) is 24.2 Å². The summed E-state index contributed by atoms with van der Waals surface area (Å²) < 4.78 is 0. The van der Waals surface area contributed by atoms with Crippen LogP contribution in [0.1, 0.15) is 18.9 Å². The van der Waals surface area contributed by atoms with Gasteiger partial charge in [-0.15, -0.1) is 0 Å². The van der Waals surface area contributed by atoms with Gasteiger partial charge in [0.05, 0.1) is 0 Å². The summed E-state index contributed by atoms with van der Waals surface area (Å²) in [5.74, 6) is -0.0653. The van der Waals surface area contributed by atoms with Gasteiger partial charge < -0.3 is 10.2 Å². The van der Waals surface area contributed by atoms with Gasteiger partial charge in [-0.2, -0.15) is 0 Å². The molecular formula is C13H17N3O2. The highest BCUT2D eigenvalue weighted by molar-refractivity contribution is 5.89. The average Bonchev–Trinajstić information content (AvgIpc) is 2.50. The van der Waals surface area contributed by atoms with E-state index in [0.29, 0.717) is 19.5 Å². The molecule has 96 valence electrons. The highest BCUT2D eigenvalue weighted by atomic mass is 16.2. The Morgan fingerprint density at radius 2 is 2.33 bits per heavy atom. The normalized spacial score (nSPS) is 20.5. The van der Waals surface area contributed by atoms with Crippen LogP contribution >= 0.6 is 0 Å². The summed E-state index contributed by atoms with van der Waals surface area (Å²) in [4.78, 5) is 29.2. The minimum atomic E-state index is -0.422. The Balaban J connectivity index is 1.95. The number of carbonyl (C=O) groups excluding carboxylic acids is 2. The molecule has 0 bridgehead atoms. The molecule has 5 nitrogen and oxygen atoms in total. The summed E-state index contributed by atoms with van der Waals surface area (Å²) >= 11 is 0. The van der Waals surface area contributed by atoms with Crippen LogP contribution in [0, 0.1) is 0 Å². The molecule has 2 rings (SSSR count). The second kappa shape index (κ2) is 5.62. The maximum absolute atomic E-state index is 12.0. The molecular weight excluding hydrogens is 230 g/mol. The molecule has 0 aromatic carbocycles. The number of nitrogens with zero attached hydrogens (tertiary/aromatic N) is 2. The van der Waals surface area contributed by atoms with Crippen molar-refractivity contribution < 1.29 is 9.59 Å². The lowest BCUT2D eigenvalue weighted by molar-refractivity contribution is -0.133. The van der Waals surface area contributed by atoms with Crippen LogP contribution in [0.15, 0.2) is 24.5 Å². The Hall–Kier alpha value is -1.91. The zero-order chi connectivity index (χ0) is 13.0. The van der Waals surface area contributed by atoms with Gasteiger partial charge in [-0.3, -0.25) is 14.6 Å². The first-order chi connectivity index (χ1) is 8.66. The third-order valence-electron chi connectivity index (χ3n) is 3.06. The molecule has 1 saturated heterocycles. The number of hydrogen-bond donors (Lipinski definition) is 1. The van der Waals surface area contributed by atoms with Gasteiger partial charge in [0.2, 0.25) is 11.8 Å². The molecule has 2 heterocycles. The van der Waals surface area contributed by atoms with Crippen molar-refractivity contribution in [1.29, 1.82) is 0 Å². The van der Waals surface area contributed by atoms with Crippen molar-refractivity contribution in [1.82, 2.24) is 15.2 Å². The predicted octanol–water partition coefficient (Wildman–Crippen LogP) is 0.361. The number of rotatable bonds is 3. The highest BCUT2D eigenvalue weighted by Crippen LogP contribution is 2.06. The van der Waals surface area contributed by atoms with Crippen molar-refractivity contribution in [2.45, 2.75) is 25.8 Å². The van der Waals surface area contributed by atoms with Gasteiger partial charge in [0.1, 0.15) is 6.04 Å². The maximum Gasteiger partial charge on any atom is 0.244 e. The summed E-state index contributed by atoms with van der Waals surface area (Å²) in [6, 6.07) is 3.45. The quantitative estimate of drug-likeness (QED) is 0.839. The fourth-order valence-electron chi connectivity index (χ4n) is 2.03. The second-order valence-corrected chi connectivity index (χ2v) is 4.48. The van der Waals surface area contributed by atoms with Crippen LogP contribution in [0.3, 0.4) is 0 Å². The summed E-state index contributed by atoms with van der Waals surface area (Å²) in [7, 11) is 0. The topological polar surface area (TPSA) is 62.3 Å². The highest BCUT2D eigenvalue weighted by Gasteiger charge is 2.25. The minimum absolute atomic E-state index is 0.00950. The molecule has 5 heteroatoms. The van der Waals surface area contributed by atoms with Crippen LogP contribution in [-0.2, 0) is 16.0 Å². The number of amides is 2. The zero-order valence-corrected chi connectivity index (χ0v) is 10.4. The van der Waals surface area contributed by atoms with Crippen LogP contribution in [-0.4, -0.2) is 40.8 Å². The van der Waals surface area contributed by atoms with Crippen molar-refractivity contribution in [3.05, 3.63) is 30.1 Å². The van der Waals surface area contributed by atoms with Gasteiger partial charge in [-0.05, 0) is 25.0 Å². The Morgan fingerprint density at radius 3 is 3.06 bits per heavy atom. The number of carbonyl (C=O) groups is 2. The Labute approximate surface area is 106 Å². The molecule has 0 aliphatic carbocycles. The van der Waals surface area contributed by atoms with E-state index in [2.05, 4.69) is 10.3 Å². The molecule has 1 N–H and O–H groups in total. The van der Waals surface area contributed by atoms with Gasteiger partial charge >= 0.3 is 0 Å². The summed E-state index contributed by atoms with van der Waals surface area (Å²) in [6.45, 7) is 2.85. The summed E-state index contributed by atoms with van der Waals surface area (Å²) in [5.41, 5.74) is 1.10. The molecule has 2 amide bonds. The summed E-state index contributed by atoms with van der Waals surface area (Å²) in [5, 5.41) is 2.68. The van der Waals surface area contributed by atoms with Crippen LogP contribution in [0.5, 0.6) is 0 Å². The maximum atomic E-state index is 12.0. The van der Waals surface area contributed by atoms with E-state index < -0.39 is 6.04 Å². The van der Waals surface area contributed by atoms with Gasteiger partial charge in [0.25, 0.3) is 0 Å². The van der Waals surface area contributed by atoms with Gasteiger partial charge in [-0.1, -0.05) is 6.07 Å².